The number of hydrogen-bond acceptors (Lipinski definition) is 5. The zero-order valence-corrected chi connectivity index (χ0v) is 17.8. The van der Waals surface area contributed by atoms with Crippen molar-refractivity contribution < 1.29 is 23.7 Å². The van der Waals surface area contributed by atoms with Gasteiger partial charge in [0.15, 0.2) is 11.5 Å². The van der Waals surface area contributed by atoms with Crippen LogP contribution < -0.4 is 24.3 Å². The number of carbonyl (C=O) groups is 1. The third-order valence-electron chi connectivity index (χ3n) is 4.49. The van der Waals surface area contributed by atoms with Gasteiger partial charge in [-0.3, -0.25) is 4.79 Å². The van der Waals surface area contributed by atoms with Crippen LogP contribution in [-0.4, -0.2) is 27.2 Å². The fraction of sp³-hybridized carbons (Fsp3) is 0.160. The summed E-state index contributed by atoms with van der Waals surface area (Å²) < 4.78 is 22.0. The fourth-order valence-electron chi connectivity index (χ4n) is 2.90. The second-order valence-corrected chi connectivity index (χ2v) is 6.58. The van der Waals surface area contributed by atoms with E-state index in [1.165, 1.54) is 6.08 Å². The van der Waals surface area contributed by atoms with Gasteiger partial charge in [0.25, 0.3) is 0 Å². The smallest absolute Gasteiger partial charge is 0.248 e. The van der Waals surface area contributed by atoms with Crippen molar-refractivity contribution in [2.45, 2.75) is 6.61 Å². The lowest BCUT2D eigenvalue weighted by Gasteiger charge is -2.15. The number of nitrogens with one attached hydrogen (secondary N) is 1. The van der Waals surface area contributed by atoms with Crippen molar-refractivity contribution in [1.29, 1.82) is 0 Å². The summed E-state index contributed by atoms with van der Waals surface area (Å²) in [7, 11) is 4.72. The molecule has 0 aromatic heterocycles. The number of amides is 1. The molecule has 1 N–H and O–H groups in total. The van der Waals surface area contributed by atoms with Crippen LogP contribution in [0.5, 0.6) is 23.0 Å². The molecule has 3 aromatic carbocycles. The van der Waals surface area contributed by atoms with E-state index in [4.69, 9.17) is 18.9 Å². The highest BCUT2D eigenvalue weighted by Gasteiger charge is 2.14. The first-order chi connectivity index (χ1) is 15.1. The molecule has 3 rings (SSSR count). The van der Waals surface area contributed by atoms with Crippen LogP contribution in [0.4, 0.5) is 5.69 Å². The van der Waals surface area contributed by atoms with Crippen LogP contribution in [0.15, 0.2) is 72.8 Å². The Kier molecular flexibility index (Phi) is 7.54. The van der Waals surface area contributed by atoms with E-state index in [0.717, 1.165) is 16.9 Å². The molecule has 0 aliphatic carbocycles. The van der Waals surface area contributed by atoms with E-state index in [1.54, 1.807) is 63.8 Å². The predicted molar refractivity (Wildman–Crippen MR) is 121 cm³/mol. The monoisotopic (exact) mass is 419 g/mol. The summed E-state index contributed by atoms with van der Waals surface area (Å²) in [4.78, 5) is 12.3. The summed E-state index contributed by atoms with van der Waals surface area (Å²) in [5.74, 6) is 2.01. The van der Waals surface area contributed by atoms with Gasteiger partial charge in [-0.1, -0.05) is 30.3 Å². The van der Waals surface area contributed by atoms with Crippen LogP contribution in [-0.2, 0) is 11.4 Å². The van der Waals surface area contributed by atoms with Crippen LogP contribution in [0.1, 0.15) is 11.1 Å². The lowest BCUT2D eigenvalue weighted by atomic mass is 10.1. The van der Waals surface area contributed by atoms with Gasteiger partial charge in [-0.2, -0.15) is 0 Å². The number of methoxy groups -OCH3 is 3. The molecule has 0 atom stereocenters. The topological polar surface area (TPSA) is 66.0 Å². The maximum absolute atomic E-state index is 12.3. The Morgan fingerprint density at radius 1 is 0.871 bits per heavy atom. The molecule has 0 aliphatic heterocycles. The molecular weight excluding hydrogens is 394 g/mol. The Morgan fingerprint density at radius 2 is 1.52 bits per heavy atom. The molecular formula is C25H25NO5. The molecule has 0 spiro atoms. The summed E-state index contributed by atoms with van der Waals surface area (Å²) >= 11 is 0. The molecule has 6 nitrogen and oxygen atoms in total. The third-order valence-corrected chi connectivity index (χ3v) is 4.49. The first kappa shape index (κ1) is 21.8. The van der Waals surface area contributed by atoms with Crippen molar-refractivity contribution in [2.75, 3.05) is 26.6 Å². The number of anilines is 1. The Hall–Kier alpha value is -3.93. The van der Waals surface area contributed by atoms with Crippen LogP contribution in [0, 0.1) is 0 Å². The van der Waals surface area contributed by atoms with Gasteiger partial charge < -0.3 is 24.3 Å². The lowest BCUT2D eigenvalue weighted by Crippen LogP contribution is -2.07. The molecule has 0 heterocycles. The van der Waals surface area contributed by atoms with Crippen molar-refractivity contribution >= 4 is 17.7 Å². The molecule has 0 saturated heterocycles. The zero-order valence-electron chi connectivity index (χ0n) is 17.8. The molecule has 0 fully saturated rings. The lowest BCUT2D eigenvalue weighted by molar-refractivity contribution is -0.111. The summed E-state index contributed by atoms with van der Waals surface area (Å²) in [6.07, 6.45) is 3.13. The second kappa shape index (κ2) is 10.7. The minimum Gasteiger partial charge on any atom is -0.497 e. The maximum Gasteiger partial charge on any atom is 0.248 e. The van der Waals surface area contributed by atoms with Crippen LogP contribution >= 0.6 is 0 Å². The van der Waals surface area contributed by atoms with Crippen molar-refractivity contribution in [3.8, 4) is 23.0 Å². The molecule has 0 radical (unpaired) electrons. The van der Waals surface area contributed by atoms with Crippen molar-refractivity contribution in [3.05, 3.63) is 83.9 Å². The minimum absolute atomic E-state index is 0.257. The summed E-state index contributed by atoms with van der Waals surface area (Å²) in [6.45, 7) is 0.382. The van der Waals surface area contributed by atoms with Crippen LogP contribution in [0.25, 0.3) is 6.08 Å². The quantitative estimate of drug-likeness (QED) is 0.498. The van der Waals surface area contributed by atoms with E-state index < -0.39 is 0 Å². The third kappa shape index (κ3) is 6.02. The van der Waals surface area contributed by atoms with E-state index in [0.29, 0.717) is 29.5 Å². The second-order valence-electron chi connectivity index (χ2n) is 6.58. The van der Waals surface area contributed by atoms with E-state index in [-0.39, 0.29) is 5.91 Å². The highest BCUT2D eigenvalue weighted by Crippen LogP contribution is 2.39. The van der Waals surface area contributed by atoms with Crippen molar-refractivity contribution in [3.63, 3.8) is 0 Å². The SMILES string of the molecule is COc1ccc(NC(=O)C=Cc2cc(OC)c(OCc3ccccc3)c(OC)c2)cc1. The first-order valence-electron chi connectivity index (χ1n) is 9.69. The molecule has 1 amide bonds. The Labute approximate surface area is 182 Å². The average Bonchev–Trinajstić information content (AvgIpc) is 2.82. The van der Waals surface area contributed by atoms with Gasteiger partial charge in [-0.05, 0) is 53.6 Å². The molecule has 0 aliphatic rings. The van der Waals surface area contributed by atoms with Gasteiger partial charge in [0.1, 0.15) is 12.4 Å². The van der Waals surface area contributed by atoms with Gasteiger partial charge >= 0.3 is 0 Å². The normalized spacial score (nSPS) is 10.5. The summed E-state index contributed by atoms with van der Waals surface area (Å²) in [5.41, 5.74) is 2.45. The van der Waals surface area contributed by atoms with Gasteiger partial charge in [0.05, 0.1) is 21.3 Å². The van der Waals surface area contributed by atoms with Crippen LogP contribution in [0.3, 0.4) is 0 Å². The van der Waals surface area contributed by atoms with E-state index in [2.05, 4.69) is 5.32 Å². The Balaban J connectivity index is 1.72. The number of carbonyl (C=O) groups excluding carboxylic acids is 1. The molecule has 31 heavy (non-hydrogen) atoms. The number of hydrogen-bond donors (Lipinski definition) is 1. The Bertz CT molecular complexity index is 1000. The molecule has 0 saturated carbocycles. The molecule has 0 unspecified atom stereocenters. The van der Waals surface area contributed by atoms with Crippen molar-refractivity contribution in [1.82, 2.24) is 0 Å². The van der Waals surface area contributed by atoms with Gasteiger partial charge in [0, 0.05) is 11.8 Å². The highest BCUT2D eigenvalue weighted by atomic mass is 16.5. The van der Waals surface area contributed by atoms with E-state index in [9.17, 15) is 4.79 Å². The van der Waals surface area contributed by atoms with Gasteiger partial charge in [0.2, 0.25) is 11.7 Å². The highest BCUT2D eigenvalue weighted by molar-refractivity contribution is 6.02. The minimum atomic E-state index is -0.257. The maximum atomic E-state index is 12.3. The molecule has 160 valence electrons. The van der Waals surface area contributed by atoms with Crippen molar-refractivity contribution in [2.24, 2.45) is 0 Å². The molecule has 3 aromatic rings. The largest absolute Gasteiger partial charge is 0.497 e. The number of ether oxygens (including phenoxy) is 4. The summed E-state index contributed by atoms with van der Waals surface area (Å²) in [6, 6.07) is 20.5. The zero-order chi connectivity index (χ0) is 22.1. The number of benzene rings is 3. The molecule has 6 heteroatoms. The fourth-order valence-corrected chi connectivity index (χ4v) is 2.90. The van der Waals surface area contributed by atoms with Crippen LogP contribution in [0.2, 0.25) is 0 Å². The summed E-state index contributed by atoms with van der Waals surface area (Å²) in [5, 5.41) is 2.80. The van der Waals surface area contributed by atoms with E-state index in [1.807, 2.05) is 30.3 Å². The average molecular weight is 419 g/mol. The van der Waals surface area contributed by atoms with Gasteiger partial charge in [-0.25, -0.2) is 0 Å². The predicted octanol–water partition coefficient (Wildman–Crippen LogP) is 4.94. The van der Waals surface area contributed by atoms with Gasteiger partial charge in [-0.15, -0.1) is 0 Å². The standard InChI is InChI=1S/C25H25NO5/c1-28-21-12-10-20(11-13-21)26-24(27)14-9-19-15-22(29-2)25(23(16-19)30-3)31-17-18-7-5-4-6-8-18/h4-16H,17H2,1-3H3,(H,26,27). The Morgan fingerprint density at radius 3 is 2.10 bits per heavy atom. The first-order valence-corrected chi connectivity index (χ1v) is 9.69. The number of rotatable bonds is 9. The molecule has 0 bridgehead atoms. The van der Waals surface area contributed by atoms with E-state index >= 15 is 0 Å².